The normalized spacial score (nSPS) is 11.6. The van der Waals surface area contributed by atoms with Crippen LogP contribution in [0.1, 0.15) is 12.5 Å². The smallest absolute Gasteiger partial charge is 0.281 e. The van der Waals surface area contributed by atoms with Gasteiger partial charge < -0.3 is 5.73 Å². The summed E-state index contributed by atoms with van der Waals surface area (Å²) in [6.45, 7) is 2.57. The van der Waals surface area contributed by atoms with E-state index in [1.54, 1.807) is 26.1 Å². The lowest BCUT2D eigenvalue weighted by atomic mass is 10.2. The maximum atomic E-state index is 12.6. The molecule has 0 fully saturated rings. The van der Waals surface area contributed by atoms with Gasteiger partial charge >= 0.3 is 0 Å². The fourth-order valence-corrected chi connectivity index (χ4v) is 3.60. The molecule has 1 heterocycles. The highest BCUT2D eigenvalue weighted by molar-refractivity contribution is 7.92. The lowest BCUT2D eigenvalue weighted by molar-refractivity contribution is 0.573. The number of benzene rings is 1. The fraction of sp³-hybridized carbons (Fsp3) is 0.308. The van der Waals surface area contributed by atoms with Gasteiger partial charge in [-0.25, -0.2) is 0 Å². The minimum Gasteiger partial charge on any atom is -0.326 e. The molecule has 0 radical (unpaired) electrons. The number of aryl methyl sites for hydroxylation is 1. The van der Waals surface area contributed by atoms with Crippen molar-refractivity contribution in [1.29, 1.82) is 0 Å². The highest BCUT2D eigenvalue weighted by Gasteiger charge is 2.26. The number of anilines is 1. The monoisotopic (exact) mass is 294 g/mol. The maximum Gasteiger partial charge on any atom is 0.281 e. The van der Waals surface area contributed by atoms with Crippen LogP contribution < -0.4 is 10.0 Å². The van der Waals surface area contributed by atoms with E-state index in [0.717, 1.165) is 5.56 Å². The average molecular weight is 294 g/mol. The molecule has 108 valence electrons. The van der Waals surface area contributed by atoms with Gasteiger partial charge in [-0.3, -0.25) is 8.99 Å². The molecule has 7 heteroatoms. The third-order valence-electron chi connectivity index (χ3n) is 3.08. The predicted octanol–water partition coefficient (Wildman–Crippen LogP) is 1.09. The van der Waals surface area contributed by atoms with Crippen LogP contribution >= 0.6 is 0 Å². The molecule has 0 saturated heterocycles. The highest BCUT2D eigenvalue weighted by atomic mass is 32.2. The van der Waals surface area contributed by atoms with Gasteiger partial charge in [0.05, 0.1) is 11.9 Å². The van der Waals surface area contributed by atoms with Crippen molar-refractivity contribution in [3.05, 3.63) is 42.1 Å². The summed E-state index contributed by atoms with van der Waals surface area (Å²) in [5.41, 5.74) is 7.13. The van der Waals surface area contributed by atoms with Crippen LogP contribution in [-0.2, 0) is 23.6 Å². The third-order valence-corrected chi connectivity index (χ3v) is 5.06. The molecule has 20 heavy (non-hydrogen) atoms. The first kappa shape index (κ1) is 14.5. The molecule has 0 amide bonds. The van der Waals surface area contributed by atoms with E-state index in [0.29, 0.717) is 18.8 Å². The van der Waals surface area contributed by atoms with Crippen LogP contribution in [-0.4, -0.2) is 24.7 Å². The first-order valence-electron chi connectivity index (χ1n) is 6.30. The first-order chi connectivity index (χ1) is 9.50. The summed E-state index contributed by atoms with van der Waals surface area (Å²) in [5, 5.41) is 4.08. The summed E-state index contributed by atoms with van der Waals surface area (Å²) in [6.07, 6.45) is 1.47. The van der Waals surface area contributed by atoms with E-state index in [4.69, 9.17) is 5.73 Å². The van der Waals surface area contributed by atoms with Crippen LogP contribution in [0.25, 0.3) is 0 Å². The van der Waals surface area contributed by atoms with Gasteiger partial charge in [0.2, 0.25) is 0 Å². The summed E-state index contributed by atoms with van der Waals surface area (Å²) in [6, 6.07) is 8.68. The van der Waals surface area contributed by atoms with Gasteiger partial charge in [0.1, 0.15) is 0 Å². The van der Waals surface area contributed by atoms with Gasteiger partial charge in [-0.15, -0.1) is 0 Å². The van der Waals surface area contributed by atoms with E-state index >= 15 is 0 Å². The SMILES string of the molecule is CCN(c1ccc(CN)cc1)S(=O)(=O)c1ccnn1C. The molecule has 0 saturated carbocycles. The van der Waals surface area contributed by atoms with Crippen molar-refractivity contribution in [2.45, 2.75) is 18.5 Å². The van der Waals surface area contributed by atoms with E-state index < -0.39 is 10.0 Å². The van der Waals surface area contributed by atoms with Crippen molar-refractivity contribution in [2.24, 2.45) is 12.8 Å². The van der Waals surface area contributed by atoms with E-state index in [2.05, 4.69) is 5.10 Å². The van der Waals surface area contributed by atoms with Crippen molar-refractivity contribution >= 4 is 15.7 Å². The minimum atomic E-state index is -3.61. The molecule has 2 N–H and O–H groups in total. The first-order valence-corrected chi connectivity index (χ1v) is 7.74. The number of aromatic nitrogens is 2. The Morgan fingerprint density at radius 1 is 1.25 bits per heavy atom. The van der Waals surface area contributed by atoms with E-state index in [9.17, 15) is 8.42 Å². The average Bonchev–Trinajstić information content (AvgIpc) is 2.87. The Bertz CT molecular complexity index is 677. The molecule has 0 atom stereocenters. The molecule has 2 aromatic rings. The summed E-state index contributed by atoms with van der Waals surface area (Å²) in [4.78, 5) is 0. The van der Waals surface area contributed by atoms with Gasteiger partial charge in [0, 0.05) is 20.1 Å². The van der Waals surface area contributed by atoms with Gasteiger partial charge in [-0.05, 0) is 30.7 Å². The lowest BCUT2D eigenvalue weighted by Crippen LogP contribution is -2.32. The number of nitrogens with two attached hydrogens (primary N) is 1. The van der Waals surface area contributed by atoms with Crippen LogP contribution in [0.5, 0.6) is 0 Å². The summed E-state index contributed by atoms with van der Waals surface area (Å²) >= 11 is 0. The second-order valence-corrected chi connectivity index (χ2v) is 6.14. The predicted molar refractivity (Wildman–Crippen MR) is 77.7 cm³/mol. The Morgan fingerprint density at radius 3 is 2.35 bits per heavy atom. The molecule has 0 aliphatic heterocycles. The van der Waals surface area contributed by atoms with Crippen LogP contribution in [0.4, 0.5) is 5.69 Å². The summed E-state index contributed by atoms with van der Waals surface area (Å²) in [7, 11) is -2.00. The standard InChI is InChI=1S/C13H18N4O2S/c1-3-17(12-6-4-11(10-14)5-7-12)20(18,19)13-8-9-15-16(13)2/h4-9H,3,10,14H2,1-2H3. The van der Waals surface area contributed by atoms with Crippen molar-refractivity contribution in [1.82, 2.24) is 9.78 Å². The molecule has 0 unspecified atom stereocenters. The van der Waals surface area contributed by atoms with Gasteiger partial charge in [0.15, 0.2) is 5.03 Å². The number of sulfonamides is 1. The molecule has 0 spiro atoms. The van der Waals surface area contributed by atoms with Crippen molar-refractivity contribution in [3.63, 3.8) is 0 Å². The number of hydrogen-bond acceptors (Lipinski definition) is 4. The number of rotatable bonds is 5. The Kier molecular flexibility index (Phi) is 4.10. The molecule has 0 aliphatic carbocycles. The van der Waals surface area contributed by atoms with Crippen LogP contribution in [0.15, 0.2) is 41.6 Å². The second-order valence-electron chi connectivity index (χ2n) is 4.33. The van der Waals surface area contributed by atoms with Crippen molar-refractivity contribution < 1.29 is 8.42 Å². The molecule has 2 rings (SSSR count). The highest BCUT2D eigenvalue weighted by Crippen LogP contribution is 2.23. The summed E-state index contributed by atoms with van der Waals surface area (Å²) < 4.78 is 28.0. The van der Waals surface area contributed by atoms with Crippen molar-refractivity contribution in [2.75, 3.05) is 10.8 Å². The zero-order chi connectivity index (χ0) is 14.8. The van der Waals surface area contributed by atoms with Gasteiger partial charge in [-0.1, -0.05) is 12.1 Å². The van der Waals surface area contributed by atoms with Crippen LogP contribution in [0.3, 0.4) is 0 Å². The zero-order valence-electron chi connectivity index (χ0n) is 11.5. The number of nitrogens with zero attached hydrogens (tertiary/aromatic N) is 3. The summed E-state index contributed by atoms with van der Waals surface area (Å²) in [5.74, 6) is 0. The molecule has 0 bridgehead atoms. The Balaban J connectivity index is 2.43. The minimum absolute atomic E-state index is 0.169. The third kappa shape index (κ3) is 2.54. The molecule has 1 aromatic carbocycles. The zero-order valence-corrected chi connectivity index (χ0v) is 12.3. The van der Waals surface area contributed by atoms with E-state index in [1.165, 1.54) is 21.3 Å². The molecular weight excluding hydrogens is 276 g/mol. The molecular formula is C13H18N4O2S. The largest absolute Gasteiger partial charge is 0.326 e. The quantitative estimate of drug-likeness (QED) is 0.895. The van der Waals surface area contributed by atoms with E-state index in [1.807, 2.05) is 12.1 Å². The Hall–Kier alpha value is -1.86. The van der Waals surface area contributed by atoms with Gasteiger partial charge in [-0.2, -0.15) is 13.5 Å². The molecule has 6 nitrogen and oxygen atoms in total. The van der Waals surface area contributed by atoms with Crippen LogP contribution in [0, 0.1) is 0 Å². The van der Waals surface area contributed by atoms with Gasteiger partial charge in [0.25, 0.3) is 10.0 Å². The second kappa shape index (κ2) is 5.64. The Labute approximate surface area is 118 Å². The van der Waals surface area contributed by atoms with E-state index in [-0.39, 0.29) is 5.03 Å². The topological polar surface area (TPSA) is 81.2 Å². The maximum absolute atomic E-state index is 12.6. The fourth-order valence-electron chi connectivity index (χ4n) is 2.02. The Morgan fingerprint density at radius 2 is 1.90 bits per heavy atom. The lowest BCUT2D eigenvalue weighted by Gasteiger charge is -2.22. The van der Waals surface area contributed by atoms with Crippen molar-refractivity contribution in [3.8, 4) is 0 Å². The molecule has 1 aromatic heterocycles. The van der Waals surface area contributed by atoms with Crippen LogP contribution in [0.2, 0.25) is 0 Å². The molecule has 0 aliphatic rings. The number of hydrogen-bond donors (Lipinski definition) is 1.